The summed E-state index contributed by atoms with van der Waals surface area (Å²) in [7, 11) is 0. The Kier molecular flexibility index (Phi) is 8.65. The van der Waals surface area contributed by atoms with E-state index in [0.717, 1.165) is 6.42 Å². The van der Waals surface area contributed by atoms with Crippen LogP contribution in [0.15, 0.2) is 48.5 Å². The highest BCUT2D eigenvalue weighted by molar-refractivity contribution is 6.30. The third-order valence-corrected chi connectivity index (χ3v) is 5.52. The quantitative estimate of drug-likeness (QED) is 0.526. The predicted molar refractivity (Wildman–Crippen MR) is 130 cm³/mol. The molecule has 0 radical (unpaired) electrons. The third-order valence-electron chi connectivity index (χ3n) is 5.26. The van der Waals surface area contributed by atoms with Crippen molar-refractivity contribution in [1.29, 1.82) is 0 Å². The first-order valence-corrected chi connectivity index (χ1v) is 11.5. The first-order valence-electron chi connectivity index (χ1n) is 11.2. The molecule has 1 fully saturated rings. The summed E-state index contributed by atoms with van der Waals surface area (Å²) in [5.41, 5.74) is 1.56. The third kappa shape index (κ3) is 7.05. The van der Waals surface area contributed by atoms with Gasteiger partial charge in [-0.2, -0.15) is 0 Å². The fourth-order valence-corrected chi connectivity index (χ4v) is 3.76. The van der Waals surface area contributed by atoms with Crippen LogP contribution in [0.3, 0.4) is 0 Å². The van der Waals surface area contributed by atoms with Crippen molar-refractivity contribution >= 4 is 46.7 Å². The summed E-state index contributed by atoms with van der Waals surface area (Å²) < 4.78 is 5.19. The molecule has 1 saturated heterocycles. The average Bonchev–Trinajstić information content (AvgIpc) is 3.23. The van der Waals surface area contributed by atoms with E-state index in [-0.39, 0.29) is 11.8 Å². The second-order valence-electron chi connectivity index (χ2n) is 8.52. The number of amides is 3. The number of rotatable bonds is 9. The van der Waals surface area contributed by atoms with Crippen molar-refractivity contribution in [1.82, 2.24) is 5.32 Å². The summed E-state index contributed by atoms with van der Waals surface area (Å²) >= 11 is 5.86. The number of anilines is 2. The number of halogens is 1. The van der Waals surface area contributed by atoms with Crippen molar-refractivity contribution in [2.24, 2.45) is 5.92 Å². The predicted octanol–water partition coefficient (Wildman–Crippen LogP) is 3.79. The minimum absolute atomic E-state index is 0.0502. The minimum Gasteiger partial charge on any atom is -0.454 e. The Morgan fingerprint density at radius 3 is 2.50 bits per heavy atom. The molecule has 0 spiro atoms. The Labute approximate surface area is 203 Å². The average molecular weight is 486 g/mol. The van der Waals surface area contributed by atoms with Gasteiger partial charge in [0.15, 0.2) is 6.61 Å². The van der Waals surface area contributed by atoms with Gasteiger partial charge >= 0.3 is 5.97 Å². The standard InChI is InChI=1S/C25H28ClN3O5/c1-16(2)13-21(28-24(32)17-8-10-18(26)11-9-17)25(33)34-15-22(30)27-19-5-3-6-20(14-19)29-12-4-7-23(29)31/h3,5-6,8-11,14,16,21H,4,7,12-13,15H2,1-2H3,(H,27,30)(H,28,32). The van der Waals surface area contributed by atoms with Gasteiger partial charge in [-0.25, -0.2) is 4.79 Å². The molecular formula is C25H28ClN3O5. The summed E-state index contributed by atoms with van der Waals surface area (Å²) in [4.78, 5) is 51.2. The van der Waals surface area contributed by atoms with E-state index in [2.05, 4.69) is 10.6 Å². The van der Waals surface area contributed by atoms with Gasteiger partial charge < -0.3 is 20.3 Å². The van der Waals surface area contributed by atoms with Crippen molar-refractivity contribution in [3.63, 3.8) is 0 Å². The first-order chi connectivity index (χ1) is 16.2. The van der Waals surface area contributed by atoms with Gasteiger partial charge in [0.2, 0.25) is 5.91 Å². The molecule has 2 N–H and O–H groups in total. The Hall–Kier alpha value is -3.39. The Balaban J connectivity index is 1.56. The van der Waals surface area contributed by atoms with E-state index >= 15 is 0 Å². The van der Waals surface area contributed by atoms with E-state index in [1.165, 1.54) is 0 Å². The van der Waals surface area contributed by atoms with Crippen molar-refractivity contribution in [3.8, 4) is 0 Å². The van der Waals surface area contributed by atoms with Gasteiger partial charge in [-0.3, -0.25) is 14.4 Å². The highest BCUT2D eigenvalue weighted by Crippen LogP contribution is 2.24. The van der Waals surface area contributed by atoms with Crippen LogP contribution >= 0.6 is 11.6 Å². The number of nitrogens with one attached hydrogen (secondary N) is 2. The molecule has 1 unspecified atom stereocenters. The molecule has 0 saturated carbocycles. The molecule has 3 rings (SSSR count). The molecule has 0 aliphatic carbocycles. The number of ether oxygens (including phenoxy) is 1. The van der Waals surface area contributed by atoms with E-state index in [4.69, 9.17) is 16.3 Å². The van der Waals surface area contributed by atoms with Crippen LogP contribution < -0.4 is 15.5 Å². The zero-order valence-electron chi connectivity index (χ0n) is 19.2. The number of esters is 1. The first kappa shape index (κ1) is 25.2. The molecule has 1 aliphatic rings. The summed E-state index contributed by atoms with van der Waals surface area (Å²) in [5, 5.41) is 5.85. The van der Waals surface area contributed by atoms with Gasteiger partial charge in [0, 0.05) is 34.9 Å². The van der Waals surface area contributed by atoms with Gasteiger partial charge in [-0.05, 0) is 61.2 Å². The Morgan fingerprint density at radius 1 is 1.12 bits per heavy atom. The summed E-state index contributed by atoms with van der Waals surface area (Å²) in [6.45, 7) is 3.98. The van der Waals surface area contributed by atoms with Gasteiger partial charge in [0.05, 0.1) is 0 Å². The monoisotopic (exact) mass is 485 g/mol. The zero-order valence-corrected chi connectivity index (χ0v) is 19.9. The number of benzene rings is 2. The molecule has 34 heavy (non-hydrogen) atoms. The normalized spacial score (nSPS) is 14.1. The van der Waals surface area contributed by atoms with Crippen LogP contribution in [-0.4, -0.2) is 42.9 Å². The second-order valence-corrected chi connectivity index (χ2v) is 8.95. The summed E-state index contributed by atoms with van der Waals surface area (Å²) in [5.74, 6) is -1.49. The van der Waals surface area contributed by atoms with Crippen LogP contribution in [0.4, 0.5) is 11.4 Å². The molecule has 0 bridgehead atoms. The maximum absolute atomic E-state index is 12.6. The Morgan fingerprint density at radius 2 is 1.85 bits per heavy atom. The van der Waals surface area contributed by atoms with Gasteiger partial charge in [0.1, 0.15) is 6.04 Å². The van der Waals surface area contributed by atoms with Gasteiger partial charge in [-0.15, -0.1) is 0 Å². The molecular weight excluding hydrogens is 458 g/mol. The smallest absolute Gasteiger partial charge is 0.329 e. The molecule has 180 valence electrons. The van der Waals surface area contributed by atoms with E-state index in [1.54, 1.807) is 53.4 Å². The number of hydrogen-bond donors (Lipinski definition) is 2. The molecule has 2 aromatic carbocycles. The van der Waals surface area contributed by atoms with Crippen molar-refractivity contribution in [2.75, 3.05) is 23.4 Å². The second kappa shape index (κ2) is 11.7. The zero-order chi connectivity index (χ0) is 24.7. The largest absolute Gasteiger partial charge is 0.454 e. The SMILES string of the molecule is CC(C)CC(NC(=O)c1ccc(Cl)cc1)C(=O)OCC(=O)Nc1cccc(N2CCCC2=O)c1. The molecule has 1 atom stereocenters. The molecule has 9 heteroatoms. The fraction of sp³-hybridized carbons (Fsp3) is 0.360. The molecule has 8 nitrogen and oxygen atoms in total. The van der Waals surface area contributed by atoms with Crippen LogP contribution in [0.1, 0.15) is 43.5 Å². The summed E-state index contributed by atoms with van der Waals surface area (Å²) in [6.07, 6.45) is 1.67. The maximum Gasteiger partial charge on any atom is 0.329 e. The topological polar surface area (TPSA) is 105 Å². The molecule has 2 aromatic rings. The lowest BCUT2D eigenvalue weighted by molar-refractivity contribution is -0.149. The molecule has 3 amide bonds. The number of carbonyl (C=O) groups excluding carboxylic acids is 4. The van der Waals surface area contributed by atoms with E-state index in [9.17, 15) is 19.2 Å². The van der Waals surface area contributed by atoms with Gasteiger partial charge in [-0.1, -0.05) is 31.5 Å². The minimum atomic E-state index is -0.902. The van der Waals surface area contributed by atoms with Crippen LogP contribution in [0.5, 0.6) is 0 Å². The van der Waals surface area contributed by atoms with Gasteiger partial charge in [0.25, 0.3) is 11.8 Å². The summed E-state index contributed by atoms with van der Waals surface area (Å²) in [6, 6.07) is 12.3. The number of nitrogens with zero attached hydrogens (tertiary/aromatic N) is 1. The van der Waals surface area contributed by atoms with E-state index in [0.29, 0.717) is 41.3 Å². The number of hydrogen-bond acceptors (Lipinski definition) is 5. The van der Waals surface area contributed by atoms with Crippen LogP contribution in [0, 0.1) is 5.92 Å². The van der Waals surface area contributed by atoms with Crippen LogP contribution in [0.25, 0.3) is 0 Å². The fourth-order valence-electron chi connectivity index (χ4n) is 3.64. The lowest BCUT2D eigenvalue weighted by atomic mass is 10.0. The van der Waals surface area contributed by atoms with Crippen LogP contribution in [-0.2, 0) is 19.1 Å². The van der Waals surface area contributed by atoms with Crippen molar-refractivity contribution in [2.45, 2.75) is 39.2 Å². The van der Waals surface area contributed by atoms with Crippen LogP contribution in [0.2, 0.25) is 5.02 Å². The van der Waals surface area contributed by atoms with E-state index < -0.39 is 30.4 Å². The Bertz CT molecular complexity index is 1050. The number of carbonyl (C=O) groups is 4. The molecule has 1 heterocycles. The highest BCUT2D eigenvalue weighted by Gasteiger charge is 2.25. The van der Waals surface area contributed by atoms with Crippen molar-refractivity contribution < 1.29 is 23.9 Å². The lowest BCUT2D eigenvalue weighted by Crippen LogP contribution is -2.43. The highest BCUT2D eigenvalue weighted by atomic mass is 35.5. The van der Waals surface area contributed by atoms with E-state index in [1.807, 2.05) is 13.8 Å². The van der Waals surface area contributed by atoms with Crippen molar-refractivity contribution in [3.05, 3.63) is 59.1 Å². The lowest BCUT2D eigenvalue weighted by Gasteiger charge is -2.19. The maximum atomic E-state index is 12.6. The molecule has 1 aliphatic heterocycles. The molecule has 0 aromatic heterocycles.